The molecule has 0 aliphatic rings. The Kier molecular flexibility index (Phi) is 4.22. The van der Waals surface area contributed by atoms with Gasteiger partial charge in [-0.05, 0) is 12.1 Å². The molecule has 0 aliphatic carbocycles. The SMILES string of the molecule is CCN(CC)S(=O)(=O)c1ncccc1NN. The molecule has 0 unspecified atom stereocenters. The summed E-state index contributed by atoms with van der Waals surface area (Å²) in [5.41, 5.74) is 2.64. The number of nitrogens with one attached hydrogen (secondary N) is 1. The van der Waals surface area contributed by atoms with Crippen molar-refractivity contribution < 1.29 is 8.42 Å². The number of pyridine rings is 1. The van der Waals surface area contributed by atoms with E-state index < -0.39 is 10.0 Å². The van der Waals surface area contributed by atoms with Crippen LogP contribution in [0.25, 0.3) is 0 Å². The predicted octanol–water partition coefficient (Wildman–Crippen LogP) is 0.398. The van der Waals surface area contributed by atoms with Gasteiger partial charge in [0.15, 0.2) is 5.03 Å². The minimum atomic E-state index is -3.56. The summed E-state index contributed by atoms with van der Waals surface area (Å²) < 4.78 is 25.6. The number of aromatic nitrogens is 1. The summed E-state index contributed by atoms with van der Waals surface area (Å²) in [7, 11) is -3.56. The second-order valence-corrected chi connectivity index (χ2v) is 4.94. The summed E-state index contributed by atoms with van der Waals surface area (Å²) in [6.45, 7) is 4.36. The van der Waals surface area contributed by atoms with E-state index in [0.717, 1.165) is 0 Å². The topological polar surface area (TPSA) is 88.3 Å². The monoisotopic (exact) mass is 244 g/mol. The average molecular weight is 244 g/mol. The molecular weight excluding hydrogens is 228 g/mol. The molecule has 0 saturated heterocycles. The van der Waals surface area contributed by atoms with Crippen LogP contribution < -0.4 is 11.3 Å². The van der Waals surface area contributed by atoms with Gasteiger partial charge >= 0.3 is 0 Å². The van der Waals surface area contributed by atoms with Crippen LogP contribution in [0, 0.1) is 0 Å². The first-order chi connectivity index (χ1) is 7.57. The fourth-order valence-corrected chi connectivity index (χ4v) is 2.92. The van der Waals surface area contributed by atoms with Crippen LogP contribution in [0.1, 0.15) is 13.8 Å². The molecule has 1 rings (SSSR count). The molecule has 1 aromatic rings. The average Bonchev–Trinajstić information content (AvgIpc) is 2.30. The highest BCUT2D eigenvalue weighted by Gasteiger charge is 2.25. The summed E-state index contributed by atoms with van der Waals surface area (Å²) in [6, 6.07) is 3.19. The van der Waals surface area contributed by atoms with Crippen LogP contribution in [0.5, 0.6) is 0 Å². The molecule has 0 radical (unpaired) electrons. The second kappa shape index (κ2) is 5.24. The van der Waals surface area contributed by atoms with Crippen LogP contribution >= 0.6 is 0 Å². The molecule has 3 N–H and O–H groups in total. The Balaban J connectivity index is 3.26. The number of nitrogens with two attached hydrogens (primary N) is 1. The van der Waals surface area contributed by atoms with Gasteiger partial charge in [0, 0.05) is 19.3 Å². The molecule has 0 atom stereocenters. The minimum absolute atomic E-state index is 0.0406. The van der Waals surface area contributed by atoms with Crippen molar-refractivity contribution in [3.05, 3.63) is 18.3 Å². The van der Waals surface area contributed by atoms with Crippen LogP contribution in [0.15, 0.2) is 23.4 Å². The van der Waals surface area contributed by atoms with Crippen molar-refractivity contribution in [3.63, 3.8) is 0 Å². The van der Waals surface area contributed by atoms with Gasteiger partial charge in [0.05, 0.1) is 5.69 Å². The summed E-state index contributed by atoms with van der Waals surface area (Å²) >= 11 is 0. The zero-order valence-corrected chi connectivity index (χ0v) is 10.2. The summed E-state index contributed by atoms with van der Waals surface area (Å²) in [4.78, 5) is 3.87. The second-order valence-electron chi connectivity index (χ2n) is 3.09. The molecule has 0 aliphatic heterocycles. The molecule has 0 saturated carbocycles. The lowest BCUT2D eigenvalue weighted by Crippen LogP contribution is -2.32. The van der Waals surface area contributed by atoms with E-state index in [4.69, 9.17) is 5.84 Å². The zero-order valence-electron chi connectivity index (χ0n) is 9.34. The molecule has 16 heavy (non-hydrogen) atoms. The van der Waals surface area contributed by atoms with Gasteiger partial charge in [-0.25, -0.2) is 13.4 Å². The third-order valence-corrected chi connectivity index (χ3v) is 4.23. The lowest BCUT2D eigenvalue weighted by molar-refractivity contribution is 0.443. The maximum absolute atomic E-state index is 12.1. The maximum atomic E-state index is 12.1. The number of rotatable bonds is 5. The van der Waals surface area contributed by atoms with Crippen molar-refractivity contribution in [1.29, 1.82) is 0 Å². The standard InChI is InChI=1S/C9H16N4O2S/c1-3-13(4-2)16(14,15)9-8(12-10)6-5-7-11-9/h5-7,12H,3-4,10H2,1-2H3. The van der Waals surface area contributed by atoms with Gasteiger partial charge < -0.3 is 5.43 Å². The number of nitrogen functional groups attached to an aromatic ring is 1. The van der Waals surface area contributed by atoms with E-state index in [1.54, 1.807) is 26.0 Å². The van der Waals surface area contributed by atoms with Crippen molar-refractivity contribution in [2.75, 3.05) is 18.5 Å². The molecular formula is C9H16N4O2S. The molecule has 6 nitrogen and oxygen atoms in total. The third kappa shape index (κ3) is 2.31. The number of anilines is 1. The Morgan fingerprint density at radius 3 is 2.56 bits per heavy atom. The number of sulfonamides is 1. The van der Waals surface area contributed by atoms with Crippen LogP contribution in [0.2, 0.25) is 0 Å². The number of hydrogen-bond donors (Lipinski definition) is 2. The molecule has 0 amide bonds. The van der Waals surface area contributed by atoms with Gasteiger partial charge in [0.1, 0.15) is 0 Å². The lowest BCUT2D eigenvalue weighted by atomic mass is 10.4. The van der Waals surface area contributed by atoms with Gasteiger partial charge in [-0.1, -0.05) is 13.8 Å². The Morgan fingerprint density at radius 1 is 1.44 bits per heavy atom. The van der Waals surface area contributed by atoms with E-state index in [1.807, 2.05) is 0 Å². The summed E-state index contributed by atoms with van der Waals surface area (Å²) in [5.74, 6) is 5.26. The molecule has 90 valence electrons. The molecule has 7 heteroatoms. The van der Waals surface area contributed by atoms with Crippen LogP contribution in [-0.4, -0.2) is 30.8 Å². The van der Waals surface area contributed by atoms with Gasteiger partial charge in [0.2, 0.25) is 0 Å². The molecule has 0 aromatic carbocycles. The van der Waals surface area contributed by atoms with E-state index in [1.165, 1.54) is 10.5 Å². The first kappa shape index (κ1) is 12.9. The van der Waals surface area contributed by atoms with Crippen molar-refractivity contribution in [3.8, 4) is 0 Å². The Hall–Kier alpha value is -1.18. The summed E-state index contributed by atoms with van der Waals surface area (Å²) in [6.07, 6.45) is 1.43. The maximum Gasteiger partial charge on any atom is 0.262 e. The Morgan fingerprint density at radius 2 is 2.06 bits per heavy atom. The van der Waals surface area contributed by atoms with Gasteiger partial charge in [-0.15, -0.1) is 0 Å². The quantitative estimate of drug-likeness (QED) is 0.578. The van der Waals surface area contributed by atoms with Crippen molar-refractivity contribution >= 4 is 15.7 Å². The number of hydrazine groups is 1. The fourth-order valence-electron chi connectivity index (χ4n) is 1.39. The van der Waals surface area contributed by atoms with E-state index in [0.29, 0.717) is 18.8 Å². The molecule has 0 fully saturated rings. The van der Waals surface area contributed by atoms with Crippen LogP contribution in [-0.2, 0) is 10.0 Å². The predicted molar refractivity (Wildman–Crippen MR) is 62.2 cm³/mol. The Bertz CT molecular complexity index is 443. The normalized spacial score (nSPS) is 11.8. The van der Waals surface area contributed by atoms with Crippen LogP contribution in [0.3, 0.4) is 0 Å². The van der Waals surface area contributed by atoms with Crippen molar-refractivity contribution in [1.82, 2.24) is 9.29 Å². The smallest absolute Gasteiger partial charge is 0.262 e. The summed E-state index contributed by atoms with van der Waals surface area (Å²) in [5, 5.41) is -0.0406. The fraction of sp³-hybridized carbons (Fsp3) is 0.444. The van der Waals surface area contributed by atoms with E-state index in [9.17, 15) is 8.42 Å². The Labute approximate surface area is 95.5 Å². The molecule has 0 spiro atoms. The highest BCUT2D eigenvalue weighted by Crippen LogP contribution is 2.20. The van der Waals surface area contributed by atoms with E-state index in [2.05, 4.69) is 10.4 Å². The zero-order chi connectivity index (χ0) is 12.2. The van der Waals surface area contributed by atoms with Gasteiger partial charge in [-0.3, -0.25) is 5.84 Å². The highest BCUT2D eigenvalue weighted by molar-refractivity contribution is 7.89. The number of nitrogens with zero attached hydrogens (tertiary/aromatic N) is 2. The van der Waals surface area contributed by atoms with E-state index in [-0.39, 0.29) is 5.03 Å². The molecule has 0 bridgehead atoms. The molecule has 1 heterocycles. The van der Waals surface area contributed by atoms with Crippen molar-refractivity contribution in [2.24, 2.45) is 5.84 Å². The highest BCUT2D eigenvalue weighted by atomic mass is 32.2. The molecule has 1 aromatic heterocycles. The first-order valence-corrected chi connectivity index (χ1v) is 6.43. The van der Waals surface area contributed by atoms with Gasteiger partial charge in [0.25, 0.3) is 10.0 Å². The number of hydrogen-bond acceptors (Lipinski definition) is 5. The lowest BCUT2D eigenvalue weighted by Gasteiger charge is -2.19. The van der Waals surface area contributed by atoms with Crippen molar-refractivity contribution in [2.45, 2.75) is 18.9 Å². The largest absolute Gasteiger partial charge is 0.321 e. The first-order valence-electron chi connectivity index (χ1n) is 4.99. The van der Waals surface area contributed by atoms with Crippen LogP contribution in [0.4, 0.5) is 5.69 Å². The third-order valence-electron chi connectivity index (χ3n) is 2.22. The minimum Gasteiger partial charge on any atom is -0.321 e. The van der Waals surface area contributed by atoms with Gasteiger partial charge in [-0.2, -0.15) is 4.31 Å². The van der Waals surface area contributed by atoms with E-state index >= 15 is 0 Å².